The zero-order chi connectivity index (χ0) is 26.5. The molecule has 0 fully saturated rings. The Morgan fingerprint density at radius 1 is 1.00 bits per heavy atom. The van der Waals surface area contributed by atoms with Crippen molar-refractivity contribution in [3.8, 4) is 0 Å². The van der Waals surface area contributed by atoms with E-state index >= 15 is 0 Å². The van der Waals surface area contributed by atoms with Crippen LogP contribution in [0.5, 0.6) is 0 Å². The lowest BCUT2D eigenvalue weighted by Crippen LogP contribution is -2.35. The molecule has 0 bridgehead atoms. The topological polar surface area (TPSA) is 108 Å². The van der Waals surface area contributed by atoms with Crippen molar-refractivity contribution < 1.29 is 23.9 Å². The lowest BCUT2D eigenvalue weighted by Gasteiger charge is -2.30. The van der Waals surface area contributed by atoms with Gasteiger partial charge in [-0.1, -0.05) is 77.8 Å². The number of hydrogen-bond acceptors (Lipinski definition) is 6. The number of esters is 2. The number of carbonyl (C=O) groups is 3. The molecule has 9 heteroatoms. The molecule has 7 nitrogen and oxygen atoms in total. The quantitative estimate of drug-likeness (QED) is 0.322. The van der Waals surface area contributed by atoms with Crippen molar-refractivity contribution >= 4 is 57.9 Å². The highest BCUT2D eigenvalue weighted by atomic mass is 35.5. The van der Waals surface area contributed by atoms with Gasteiger partial charge in [0, 0.05) is 22.7 Å². The van der Waals surface area contributed by atoms with E-state index in [0.717, 1.165) is 5.56 Å². The largest absolute Gasteiger partial charge is 0.469 e. The number of rotatable bonds is 7. The van der Waals surface area contributed by atoms with E-state index in [1.807, 2.05) is 30.3 Å². The number of hydrogen-bond donors (Lipinski definition) is 2. The predicted octanol–water partition coefficient (Wildman–Crippen LogP) is 5.03. The Morgan fingerprint density at radius 2 is 1.70 bits per heavy atom. The van der Waals surface area contributed by atoms with Crippen LogP contribution in [0.25, 0.3) is 11.1 Å². The minimum Gasteiger partial charge on any atom is -0.469 e. The summed E-state index contributed by atoms with van der Waals surface area (Å²) in [5.41, 5.74) is 9.65. The summed E-state index contributed by atoms with van der Waals surface area (Å²) >= 11 is 12.8. The van der Waals surface area contributed by atoms with E-state index in [1.165, 1.54) is 7.11 Å². The van der Waals surface area contributed by atoms with Crippen molar-refractivity contribution in [2.75, 3.05) is 12.4 Å². The number of halogens is 2. The third kappa shape index (κ3) is 6.13. The van der Waals surface area contributed by atoms with Gasteiger partial charge in [0.1, 0.15) is 12.6 Å². The summed E-state index contributed by atoms with van der Waals surface area (Å²) in [4.78, 5) is 37.5. The molecule has 3 aromatic carbocycles. The molecular formula is C28H24Cl2N2O5. The second kappa shape index (κ2) is 11.5. The Bertz CT molecular complexity index is 1370. The van der Waals surface area contributed by atoms with Gasteiger partial charge < -0.3 is 20.5 Å². The van der Waals surface area contributed by atoms with Gasteiger partial charge in [0.25, 0.3) is 0 Å². The fourth-order valence-corrected chi connectivity index (χ4v) is 4.84. The number of fused-ring (bicyclic) bond motifs is 1. The van der Waals surface area contributed by atoms with Gasteiger partial charge in [-0.25, -0.2) is 4.79 Å². The van der Waals surface area contributed by atoms with Crippen LogP contribution in [0.15, 0.2) is 66.7 Å². The molecule has 0 radical (unpaired) electrons. The summed E-state index contributed by atoms with van der Waals surface area (Å²) in [5, 5.41) is 3.82. The van der Waals surface area contributed by atoms with Crippen LogP contribution in [0.2, 0.25) is 10.0 Å². The van der Waals surface area contributed by atoms with Crippen molar-refractivity contribution in [1.82, 2.24) is 0 Å². The number of primary amides is 1. The third-order valence-corrected chi connectivity index (χ3v) is 6.49. The van der Waals surface area contributed by atoms with E-state index in [0.29, 0.717) is 38.0 Å². The highest BCUT2D eigenvalue weighted by Gasteiger charge is 2.33. The monoisotopic (exact) mass is 538 g/mol. The first kappa shape index (κ1) is 26.3. The van der Waals surface area contributed by atoms with E-state index in [4.69, 9.17) is 38.4 Å². The van der Waals surface area contributed by atoms with Gasteiger partial charge in [-0.05, 0) is 34.4 Å². The maximum Gasteiger partial charge on any atom is 0.329 e. The van der Waals surface area contributed by atoms with Crippen LogP contribution in [0.1, 0.15) is 28.7 Å². The molecule has 0 aliphatic carbocycles. The second-order valence-electron chi connectivity index (χ2n) is 8.47. The number of nitrogens with one attached hydrogen (secondary N) is 1. The summed E-state index contributed by atoms with van der Waals surface area (Å²) in [6.07, 6.45) is 0.190. The Morgan fingerprint density at radius 3 is 2.35 bits per heavy atom. The van der Waals surface area contributed by atoms with E-state index in [1.54, 1.807) is 36.4 Å². The number of nitrogens with two attached hydrogens (primary N) is 1. The number of benzene rings is 3. The molecule has 0 spiro atoms. The maximum atomic E-state index is 13.1. The van der Waals surface area contributed by atoms with Crippen molar-refractivity contribution in [3.05, 3.63) is 99.0 Å². The van der Waals surface area contributed by atoms with Gasteiger partial charge in [-0.3, -0.25) is 9.59 Å². The molecule has 37 heavy (non-hydrogen) atoms. The predicted molar refractivity (Wildman–Crippen MR) is 143 cm³/mol. The Balaban J connectivity index is 1.73. The normalized spacial score (nSPS) is 15.7. The summed E-state index contributed by atoms with van der Waals surface area (Å²) in [5.74, 6) is -1.57. The van der Waals surface area contributed by atoms with E-state index < -0.39 is 17.9 Å². The standard InChI is InChI=1S/C28H24Cl2N2O5/c1-36-24(33)11-16-7-9-18(10-8-16)25(27(31)34)20-14-23(28(35)37-15-17-5-3-2-4-6-17)32-22-13-19(29)12-21(30)26(20)22/h2-10,12-13,23,32H,11,14-15H2,1H3,(H2,31,34)/b25-20+. The minimum atomic E-state index is -0.811. The second-order valence-corrected chi connectivity index (χ2v) is 9.32. The van der Waals surface area contributed by atoms with Gasteiger partial charge >= 0.3 is 11.9 Å². The molecular weight excluding hydrogens is 515 g/mol. The van der Waals surface area contributed by atoms with Crippen LogP contribution < -0.4 is 11.1 Å². The molecule has 4 rings (SSSR count). The van der Waals surface area contributed by atoms with E-state index in [-0.39, 0.29) is 31.0 Å². The van der Waals surface area contributed by atoms with Gasteiger partial charge in [0.2, 0.25) is 5.91 Å². The molecule has 1 atom stereocenters. The number of ether oxygens (including phenoxy) is 2. The molecule has 1 amide bonds. The average Bonchev–Trinajstić information content (AvgIpc) is 2.88. The summed E-state index contributed by atoms with van der Waals surface area (Å²) in [6.45, 7) is 0.102. The van der Waals surface area contributed by atoms with Crippen molar-refractivity contribution in [2.24, 2.45) is 5.73 Å². The Hall–Kier alpha value is -3.81. The SMILES string of the molecule is COC(=O)Cc1ccc(/C(C(N)=O)=C2/CC(C(=O)OCc3ccccc3)Nc3cc(Cl)cc(Cl)c32)cc1. The maximum absolute atomic E-state index is 13.1. The number of carbonyl (C=O) groups excluding carboxylic acids is 3. The van der Waals surface area contributed by atoms with Crippen molar-refractivity contribution in [1.29, 1.82) is 0 Å². The highest BCUT2D eigenvalue weighted by Crippen LogP contribution is 2.44. The van der Waals surface area contributed by atoms with E-state index in [9.17, 15) is 14.4 Å². The average molecular weight is 539 g/mol. The number of methoxy groups -OCH3 is 1. The van der Waals surface area contributed by atoms with Gasteiger partial charge in [0.15, 0.2) is 0 Å². The van der Waals surface area contributed by atoms with Crippen LogP contribution in [-0.2, 0) is 36.9 Å². The molecule has 0 saturated heterocycles. The summed E-state index contributed by atoms with van der Waals surface area (Å²) < 4.78 is 10.3. The van der Waals surface area contributed by atoms with Gasteiger partial charge in [-0.2, -0.15) is 0 Å². The molecule has 3 N–H and O–H groups in total. The zero-order valence-electron chi connectivity index (χ0n) is 19.9. The van der Waals surface area contributed by atoms with Crippen molar-refractivity contribution in [2.45, 2.75) is 25.5 Å². The Labute approximate surface area is 224 Å². The molecule has 1 heterocycles. The number of anilines is 1. The first-order valence-electron chi connectivity index (χ1n) is 11.4. The lowest BCUT2D eigenvalue weighted by molar-refractivity contribution is -0.146. The van der Waals surface area contributed by atoms with E-state index in [2.05, 4.69) is 5.32 Å². The zero-order valence-corrected chi connectivity index (χ0v) is 21.4. The lowest BCUT2D eigenvalue weighted by atomic mass is 9.85. The fraction of sp³-hybridized carbons (Fsp3) is 0.179. The number of amides is 1. The fourth-order valence-electron chi connectivity index (χ4n) is 4.23. The van der Waals surface area contributed by atoms with Crippen LogP contribution in [0.3, 0.4) is 0 Å². The van der Waals surface area contributed by atoms with Crippen LogP contribution >= 0.6 is 23.2 Å². The summed E-state index contributed by atoms with van der Waals surface area (Å²) in [7, 11) is 1.32. The Kier molecular flexibility index (Phi) is 8.16. The molecule has 190 valence electrons. The molecule has 1 aliphatic rings. The highest BCUT2D eigenvalue weighted by molar-refractivity contribution is 6.38. The van der Waals surface area contributed by atoms with Crippen LogP contribution in [-0.4, -0.2) is 31.0 Å². The molecule has 1 unspecified atom stereocenters. The first-order chi connectivity index (χ1) is 17.8. The van der Waals surface area contributed by atoms with Crippen LogP contribution in [0, 0.1) is 0 Å². The molecule has 0 saturated carbocycles. The van der Waals surface area contributed by atoms with Gasteiger partial charge in [-0.15, -0.1) is 0 Å². The van der Waals surface area contributed by atoms with Crippen molar-refractivity contribution in [3.63, 3.8) is 0 Å². The van der Waals surface area contributed by atoms with Crippen LogP contribution in [0.4, 0.5) is 5.69 Å². The third-order valence-electron chi connectivity index (χ3n) is 5.97. The molecule has 3 aromatic rings. The molecule has 1 aliphatic heterocycles. The summed E-state index contributed by atoms with van der Waals surface area (Å²) in [6, 6.07) is 18.5. The first-order valence-corrected chi connectivity index (χ1v) is 12.2. The smallest absolute Gasteiger partial charge is 0.329 e. The minimum absolute atomic E-state index is 0.0890. The van der Waals surface area contributed by atoms with Gasteiger partial charge in [0.05, 0.1) is 24.1 Å². The molecule has 0 aromatic heterocycles.